The van der Waals surface area contributed by atoms with Gasteiger partial charge in [0.05, 0.1) is 6.04 Å². The minimum Gasteiger partial charge on any atom is -0.339 e. The molecule has 6 heteroatoms. The molecule has 3 rings (SSSR count). The topological polar surface area (TPSA) is 59.2 Å². The number of carbonyl (C=O) groups excluding carboxylic acids is 1. The zero-order chi connectivity index (χ0) is 17.2. The Morgan fingerprint density at radius 1 is 1.46 bits per heavy atom. The van der Waals surface area contributed by atoms with Gasteiger partial charge in [-0.05, 0) is 30.7 Å². The van der Waals surface area contributed by atoms with Crippen molar-refractivity contribution in [2.24, 2.45) is 0 Å². The fraction of sp³-hybridized carbons (Fsp3) is 0.611. The van der Waals surface area contributed by atoms with Crippen molar-refractivity contribution in [1.82, 2.24) is 15.0 Å². The Kier molecular flexibility index (Phi) is 5.04. The standard InChI is InChI=1S/C18H25N3O2S/c1-18(2,3)17-19-15(23-20-17)9-4-10-16(22)21-11-5-7-13(21)14-8-6-12-24-14/h6,8,12-13H,4-5,7,9-11H2,1-3H3/t13-/m1/s1. The van der Waals surface area contributed by atoms with Crippen LogP contribution in [0.4, 0.5) is 0 Å². The first-order chi connectivity index (χ1) is 11.4. The van der Waals surface area contributed by atoms with Gasteiger partial charge in [0.25, 0.3) is 0 Å². The molecule has 0 radical (unpaired) electrons. The predicted molar refractivity (Wildman–Crippen MR) is 93.9 cm³/mol. The second-order valence-corrected chi connectivity index (χ2v) is 8.36. The second-order valence-electron chi connectivity index (χ2n) is 7.38. The highest BCUT2D eigenvalue weighted by molar-refractivity contribution is 7.10. The van der Waals surface area contributed by atoms with Crippen LogP contribution < -0.4 is 0 Å². The normalized spacial score (nSPS) is 18.3. The first-order valence-electron chi connectivity index (χ1n) is 8.61. The zero-order valence-corrected chi connectivity index (χ0v) is 15.4. The molecule has 0 bridgehead atoms. The average molecular weight is 347 g/mol. The number of nitrogens with zero attached hydrogens (tertiary/aromatic N) is 3. The maximum Gasteiger partial charge on any atom is 0.226 e. The van der Waals surface area contributed by atoms with Crippen molar-refractivity contribution in [3.05, 3.63) is 34.1 Å². The summed E-state index contributed by atoms with van der Waals surface area (Å²) in [5.74, 6) is 1.59. The molecular formula is C18H25N3O2S. The molecule has 1 amide bonds. The molecule has 3 heterocycles. The van der Waals surface area contributed by atoms with Gasteiger partial charge in [-0.25, -0.2) is 0 Å². The number of aromatic nitrogens is 2. The molecule has 1 aliphatic rings. The Balaban J connectivity index is 1.51. The molecule has 0 saturated carbocycles. The van der Waals surface area contributed by atoms with E-state index in [9.17, 15) is 4.79 Å². The number of thiophene rings is 1. The summed E-state index contributed by atoms with van der Waals surface area (Å²) in [5, 5.41) is 6.11. The van der Waals surface area contributed by atoms with E-state index >= 15 is 0 Å². The summed E-state index contributed by atoms with van der Waals surface area (Å²) in [7, 11) is 0. The van der Waals surface area contributed by atoms with Crippen LogP contribution in [-0.2, 0) is 16.6 Å². The van der Waals surface area contributed by atoms with Crippen molar-refractivity contribution in [1.29, 1.82) is 0 Å². The third-order valence-electron chi connectivity index (χ3n) is 4.36. The van der Waals surface area contributed by atoms with Crippen molar-refractivity contribution in [2.45, 2.75) is 64.3 Å². The largest absolute Gasteiger partial charge is 0.339 e. The molecule has 0 spiro atoms. The summed E-state index contributed by atoms with van der Waals surface area (Å²) in [6, 6.07) is 4.46. The minimum atomic E-state index is -0.110. The van der Waals surface area contributed by atoms with E-state index < -0.39 is 0 Å². The lowest BCUT2D eigenvalue weighted by Gasteiger charge is -2.23. The molecular weight excluding hydrogens is 322 g/mol. The second kappa shape index (κ2) is 7.05. The molecule has 0 aromatic carbocycles. The summed E-state index contributed by atoms with van der Waals surface area (Å²) < 4.78 is 5.29. The van der Waals surface area contributed by atoms with E-state index in [1.54, 1.807) is 11.3 Å². The molecule has 1 atom stereocenters. The number of rotatable bonds is 5. The van der Waals surface area contributed by atoms with Gasteiger partial charge in [0.2, 0.25) is 11.8 Å². The highest BCUT2D eigenvalue weighted by Gasteiger charge is 2.30. The van der Waals surface area contributed by atoms with Gasteiger partial charge in [0.1, 0.15) is 0 Å². The van der Waals surface area contributed by atoms with Crippen LogP contribution in [-0.4, -0.2) is 27.5 Å². The van der Waals surface area contributed by atoms with E-state index in [1.165, 1.54) is 4.88 Å². The third-order valence-corrected chi connectivity index (χ3v) is 5.34. The van der Waals surface area contributed by atoms with Crippen LogP contribution >= 0.6 is 11.3 Å². The molecule has 1 saturated heterocycles. The summed E-state index contributed by atoms with van der Waals surface area (Å²) >= 11 is 1.74. The van der Waals surface area contributed by atoms with Crippen LogP contribution in [0.25, 0.3) is 0 Å². The molecule has 2 aromatic heterocycles. The quantitative estimate of drug-likeness (QED) is 0.816. The van der Waals surface area contributed by atoms with Gasteiger partial charge in [-0.2, -0.15) is 4.98 Å². The molecule has 0 unspecified atom stereocenters. The van der Waals surface area contributed by atoms with E-state index in [0.717, 1.165) is 31.6 Å². The molecule has 2 aromatic rings. The smallest absolute Gasteiger partial charge is 0.226 e. The lowest BCUT2D eigenvalue weighted by Crippen LogP contribution is -2.30. The number of hydrogen-bond acceptors (Lipinski definition) is 5. The van der Waals surface area contributed by atoms with Crippen LogP contribution in [0.2, 0.25) is 0 Å². The lowest BCUT2D eigenvalue weighted by molar-refractivity contribution is -0.132. The summed E-state index contributed by atoms with van der Waals surface area (Å²) in [4.78, 5) is 20.3. The number of likely N-dealkylation sites (tertiary alicyclic amines) is 1. The summed E-state index contributed by atoms with van der Waals surface area (Å²) in [5.41, 5.74) is -0.110. The van der Waals surface area contributed by atoms with Gasteiger partial charge in [0, 0.05) is 29.7 Å². The predicted octanol–water partition coefficient (Wildman–Crippen LogP) is 4.12. The Bertz CT molecular complexity index is 673. The SMILES string of the molecule is CC(C)(C)c1noc(CCCC(=O)N2CCC[C@@H]2c2cccs2)n1. The average Bonchev–Trinajstić information content (AvgIpc) is 3.26. The van der Waals surface area contributed by atoms with Gasteiger partial charge in [-0.15, -0.1) is 11.3 Å². The van der Waals surface area contributed by atoms with Gasteiger partial charge in [-0.3, -0.25) is 4.79 Å². The van der Waals surface area contributed by atoms with Crippen LogP contribution in [0.3, 0.4) is 0 Å². The zero-order valence-electron chi connectivity index (χ0n) is 14.6. The fourth-order valence-corrected chi connectivity index (χ4v) is 3.91. The Hall–Kier alpha value is -1.69. The fourth-order valence-electron chi connectivity index (χ4n) is 3.04. The maximum atomic E-state index is 12.6. The molecule has 1 aliphatic heterocycles. The van der Waals surface area contributed by atoms with E-state index in [0.29, 0.717) is 18.7 Å². The van der Waals surface area contributed by atoms with E-state index in [1.807, 2.05) is 4.90 Å². The molecule has 0 N–H and O–H groups in total. The third kappa shape index (κ3) is 3.86. The number of hydrogen-bond donors (Lipinski definition) is 0. The summed E-state index contributed by atoms with van der Waals surface area (Å²) in [6.45, 7) is 7.05. The molecule has 24 heavy (non-hydrogen) atoms. The Morgan fingerprint density at radius 3 is 2.96 bits per heavy atom. The highest BCUT2D eigenvalue weighted by atomic mass is 32.1. The van der Waals surface area contributed by atoms with Crippen molar-refractivity contribution < 1.29 is 9.32 Å². The summed E-state index contributed by atoms with van der Waals surface area (Å²) in [6.07, 6.45) is 4.11. The Labute approximate surface area is 147 Å². The van der Waals surface area contributed by atoms with Gasteiger partial charge < -0.3 is 9.42 Å². The van der Waals surface area contributed by atoms with Crippen LogP contribution in [0, 0.1) is 0 Å². The molecule has 130 valence electrons. The molecule has 5 nitrogen and oxygen atoms in total. The van der Waals surface area contributed by atoms with Gasteiger partial charge >= 0.3 is 0 Å². The monoisotopic (exact) mass is 347 g/mol. The van der Waals surface area contributed by atoms with Crippen LogP contribution in [0.15, 0.2) is 22.0 Å². The number of aryl methyl sites for hydroxylation is 1. The van der Waals surface area contributed by atoms with Gasteiger partial charge in [0.15, 0.2) is 5.82 Å². The van der Waals surface area contributed by atoms with Crippen LogP contribution in [0.1, 0.15) is 69.1 Å². The van der Waals surface area contributed by atoms with Crippen molar-refractivity contribution in [3.8, 4) is 0 Å². The van der Waals surface area contributed by atoms with Crippen molar-refractivity contribution in [3.63, 3.8) is 0 Å². The maximum absolute atomic E-state index is 12.6. The van der Waals surface area contributed by atoms with Crippen LogP contribution in [0.5, 0.6) is 0 Å². The van der Waals surface area contributed by atoms with Crippen molar-refractivity contribution in [2.75, 3.05) is 6.54 Å². The molecule has 0 aliphatic carbocycles. The van der Waals surface area contributed by atoms with Crippen molar-refractivity contribution >= 4 is 17.2 Å². The van der Waals surface area contributed by atoms with Gasteiger partial charge in [-0.1, -0.05) is 32.0 Å². The lowest BCUT2D eigenvalue weighted by atomic mass is 9.96. The Morgan fingerprint density at radius 2 is 2.29 bits per heavy atom. The van der Waals surface area contributed by atoms with E-state index in [4.69, 9.17) is 4.52 Å². The first kappa shape index (κ1) is 17.1. The molecule has 1 fully saturated rings. The number of amides is 1. The minimum absolute atomic E-state index is 0.110. The van der Waals surface area contributed by atoms with E-state index in [2.05, 4.69) is 48.4 Å². The first-order valence-corrected chi connectivity index (χ1v) is 9.49. The number of carbonyl (C=O) groups is 1. The highest BCUT2D eigenvalue weighted by Crippen LogP contribution is 2.35. The van der Waals surface area contributed by atoms with E-state index in [-0.39, 0.29) is 17.4 Å².